The zero-order chi connectivity index (χ0) is 9.47. The second kappa shape index (κ2) is 2.82. The van der Waals surface area contributed by atoms with E-state index >= 15 is 0 Å². The molecule has 0 aromatic carbocycles. The van der Waals surface area contributed by atoms with Crippen LogP contribution in [0, 0.1) is 5.92 Å². The molecule has 0 amide bonds. The highest BCUT2D eigenvalue weighted by Crippen LogP contribution is 2.32. The summed E-state index contributed by atoms with van der Waals surface area (Å²) < 4.78 is 5.18. The maximum absolute atomic E-state index is 5.18. The fourth-order valence-corrected chi connectivity index (χ4v) is 1.21. The van der Waals surface area contributed by atoms with Crippen LogP contribution in [0.2, 0.25) is 0 Å². The first-order valence-electron chi connectivity index (χ1n) is 4.89. The van der Waals surface area contributed by atoms with Crippen molar-refractivity contribution < 1.29 is 4.52 Å². The summed E-state index contributed by atoms with van der Waals surface area (Å²) in [6.45, 7) is 6.29. The quantitative estimate of drug-likeness (QED) is 0.701. The molecule has 1 aromatic heterocycles. The third-order valence-corrected chi connectivity index (χ3v) is 2.30. The van der Waals surface area contributed by atoms with Gasteiger partial charge in [-0.25, -0.2) is 0 Å². The molecule has 3 heteroatoms. The van der Waals surface area contributed by atoms with E-state index < -0.39 is 0 Å². The minimum atomic E-state index is 0.00526. The van der Waals surface area contributed by atoms with Crippen molar-refractivity contribution in [2.75, 3.05) is 0 Å². The smallest absolute Gasteiger partial charge is 0.226 e. The molecule has 1 fully saturated rings. The van der Waals surface area contributed by atoms with Crippen molar-refractivity contribution in [3.8, 4) is 0 Å². The Morgan fingerprint density at radius 1 is 1.38 bits per heavy atom. The summed E-state index contributed by atoms with van der Waals surface area (Å²) in [5.41, 5.74) is 0.00526. The Labute approximate surface area is 78.5 Å². The first-order chi connectivity index (χ1) is 6.05. The molecule has 0 bridgehead atoms. The van der Waals surface area contributed by atoms with Crippen LogP contribution >= 0.6 is 0 Å². The maximum atomic E-state index is 5.18. The first-order valence-corrected chi connectivity index (χ1v) is 4.89. The monoisotopic (exact) mass is 180 g/mol. The van der Waals surface area contributed by atoms with Crippen LogP contribution in [0.3, 0.4) is 0 Å². The van der Waals surface area contributed by atoms with E-state index in [0.29, 0.717) is 0 Å². The summed E-state index contributed by atoms with van der Waals surface area (Å²) in [4.78, 5) is 4.38. The van der Waals surface area contributed by atoms with Crippen LogP contribution in [0.5, 0.6) is 0 Å². The van der Waals surface area contributed by atoms with Gasteiger partial charge in [-0.1, -0.05) is 25.9 Å². The van der Waals surface area contributed by atoms with E-state index in [0.717, 1.165) is 24.1 Å². The number of nitrogens with zero attached hydrogens (tertiary/aromatic N) is 2. The molecule has 0 aliphatic heterocycles. The average molecular weight is 180 g/mol. The van der Waals surface area contributed by atoms with Gasteiger partial charge in [0, 0.05) is 11.8 Å². The lowest BCUT2D eigenvalue weighted by molar-refractivity contribution is 0.358. The average Bonchev–Trinajstić information content (AvgIpc) is 2.63. The molecular formula is C10H16N2O. The summed E-state index contributed by atoms with van der Waals surface area (Å²) in [7, 11) is 0. The summed E-state index contributed by atoms with van der Waals surface area (Å²) in [5, 5.41) is 3.98. The molecule has 1 aliphatic rings. The molecule has 0 saturated heterocycles. The minimum absolute atomic E-state index is 0.00526. The van der Waals surface area contributed by atoms with Crippen LogP contribution in [0.25, 0.3) is 0 Å². The van der Waals surface area contributed by atoms with Crippen LogP contribution in [0.15, 0.2) is 4.52 Å². The van der Waals surface area contributed by atoms with E-state index in [2.05, 4.69) is 30.9 Å². The van der Waals surface area contributed by atoms with Crippen LogP contribution in [0.1, 0.15) is 45.3 Å². The van der Waals surface area contributed by atoms with Crippen LogP contribution in [-0.2, 0) is 11.8 Å². The van der Waals surface area contributed by atoms with E-state index in [4.69, 9.17) is 4.52 Å². The van der Waals surface area contributed by atoms with Gasteiger partial charge in [-0.05, 0) is 18.8 Å². The van der Waals surface area contributed by atoms with Crippen molar-refractivity contribution in [1.82, 2.24) is 10.1 Å². The highest BCUT2D eigenvalue weighted by molar-refractivity contribution is 5.00. The van der Waals surface area contributed by atoms with Crippen LogP contribution in [0.4, 0.5) is 0 Å². The summed E-state index contributed by atoms with van der Waals surface area (Å²) in [6, 6.07) is 0. The zero-order valence-electron chi connectivity index (χ0n) is 8.50. The fraction of sp³-hybridized carbons (Fsp3) is 0.800. The van der Waals surface area contributed by atoms with Gasteiger partial charge in [0.05, 0.1) is 0 Å². The van der Waals surface area contributed by atoms with Gasteiger partial charge < -0.3 is 4.52 Å². The Morgan fingerprint density at radius 2 is 2.08 bits per heavy atom. The lowest BCUT2D eigenvalue weighted by Crippen LogP contribution is -2.13. The third kappa shape index (κ3) is 2.08. The highest BCUT2D eigenvalue weighted by Gasteiger charge is 2.26. The van der Waals surface area contributed by atoms with Crippen LogP contribution in [-0.4, -0.2) is 10.1 Å². The van der Waals surface area contributed by atoms with E-state index in [9.17, 15) is 0 Å². The van der Waals surface area contributed by atoms with Gasteiger partial charge in [0.25, 0.3) is 0 Å². The minimum Gasteiger partial charge on any atom is -0.339 e. The topological polar surface area (TPSA) is 38.9 Å². The number of hydrogen-bond acceptors (Lipinski definition) is 3. The Morgan fingerprint density at radius 3 is 2.54 bits per heavy atom. The Kier molecular flexibility index (Phi) is 1.90. The van der Waals surface area contributed by atoms with Gasteiger partial charge in [0.1, 0.15) is 0 Å². The fourth-order valence-electron chi connectivity index (χ4n) is 1.21. The molecule has 1 aliphatic carbocycles. The summed E-state index contributed by atoms with van der Waals surface area (Å²) in [6.07, 6.45) is 3.63. The Balaban J connectivity index is 2.08. The third-order valence-electron chi connectivity index (χ3n) is 2.30. The number of hydrogen-bond donors (Lipinski definition) is 0. The second-order valence-corrected chi connectivity index (χ2v) is 4.91. The zero-order valence-corrected chi connectivity index (χ0v) is 8.50. The molecule has 3 nitrogen and oxygen atoms in total. The largest absolute Gasteiger partial charge is 0.339 e. The molecule has 0 radical (unpaired) electrons. The molecule has 0 spiro atoms. The summed E-state index contributed by atoms with van der Waals surface area (Å²) in [5.74, 6) is 2.45. The molecule has 0 N–H and O–H groups in total. The normalized spacial score (nSPS) is 17.8. The van der Waals surface area contributed by atoms with E-state index in [-0.39, 0.29) is 5.41 Å². The van der Waals surface area contributed by atoms with Crippen molar-refractivity contribution in [3.05, 3.63) is 11.7 Å². The van der Waals surface area contributed by atoms with Gasteiger partial charge in [-0.2, -0.15) is 4.98 Å². The van der Waals surface area contributed by atoms with Crippen molar-refractivity contribution in [1.29, 1.82) is 0 Å². The van der Waals surface area contributed by atoms with Crippen molar-refractivity contribution in [3.63, 3.8) is 0 Å². The highest BCUT2D eigenvalue weighted by atomic mass is 16.5. The standard InChI is InChI=1S/C10H16N2O/c1-10(2,3)9-11-8(13-12-9)6-7-4-5-7/h7H,4-6H2,1-3H3. The molecule has 1 heterocycles. The lowest BCUT2D eigenvalue weighted by Gasteiger charge is -2.10. The molecular weight excluding hydrogens is 164 g/mol. The Hall–Kier alpha value is -0.860. The molecule has 13 heavy (non-hydrogen) atoms. The van der Waals surface area contributed by atoms with Crippen molar-refractivity contribution >= 4 is 0 Å². The maximum Gasteiger partial charge on any atom is 0.226 e. The van der Waals surface area contributed by atoms with E-state index in [1.54, 1.807) is 0 Å². The SMILES string of the molecule is CC(C)(C)c1noc(CC2CC2)n1. The molecule has 72 valence electrons. The predicted octanol–water partition coefficient (Wildman–Crippen LogP) is 2.32. The van der Waals surface area contributed by atoms with Gasteiger partial charge in [0.2, 0.25) is 5.89 Å². The lowest BCUT2D eigenvalue weighted by atomic mass is 9.96. The molecule has 0 unspecified atom stereocenters. The van der Waals surface area contributed by atoms with Gasteiger partial charge in [-0.15, -0.1) is 0 Å². The number of rotatable bonds is 2. The van der Waals surface area contributed by atoms with E-state index in [1.807, 2.05) is 0 Å². The second-order valence-electron chi connectivity index (χ2n) is 4.91. The van der Waals surface area contributed by atoms with Crippen molar-refractivity contribution in [2.45, 2.75) is 45.4 Å². The number of aromatic nitrogens is 2. The summed E-state index contributed by atoms with van der Waals surface area (Å²) >= 11 is 0. The van der Waals surface area contributed by atoms with Gasteiger partial charge in [-0.3, -0.25) is 0 Å². The van der Waals surface area contributed by atoms with Gasteiger partial charge in [0.15, 0.2) is 5.82 Å². The van der Waals surface area contributed by atoms with Gasteiger partial charge >= 0.3 is 0 Å². The molecule has 2 rings (SSSR count). The molecule has 1 aromatic rings. The van der Waals surface area contributed by atoms with Crippen LogP contribution < -0.4 is 0 Å². The van der Waals surface area contributed by atoms with Crippen molar-refractivity contribution in [2.24, 2.45) is 5.92 Å². The van der Waals surface area contributed by atoms with E-state index in [1.165, 1.54) is 12.8 Å². The predicted molar refractivity (Wildman–Crippen MR) is 49.4 cm³/mol. The molecule has 0 atom stereocenters. The Bertz CT molecular complexity index is 294. The molecule has 1 saturated carbocycles. The first kappa shape index (κ1) is 8.73.